The molecule has 0 spiro atoms. The van der Waals surface area contributed by atoms with Crippen molar-refractivity contribution in [2.24, 2.45) is 0 Å². The third kappa shape index (κ3) is 2.92. The van der Waals surface area contributed by atoms with Gasteiger partial charge in [0.25, 0.3) is 5.91 Å². The zero-order valence-corrected chi connectivity index (χ0v) is 12.0. The number of imidazole rings is 1. The number of rotatable bonds is 4. The van der Waals surface area contributed by atoms with Gasteiger partial charge in [0.1, 0.15) is 17.8 Å². The molecule has 106 valence electrons. The predicted molar refractivity (Wildman–Crippen MR) is 80.2 cm³/mol. The average molecular weight is 300 g/mol. The normalized spacial score (nSPS) is 10.3. The second-order valence-electron chi connectivity index (χ2n) is 4.16. The van der Waals surface area contributed by atoms with E-state index < -0.39 is 0 Å². The fourth-order valence-corrected chi connectivity index (χ4v) is 2.31. The molecule has 0 radical (unpaired) electrons. The molecule has 3 rings (SSSR count). The van der Waals surface area contributed by atoms with Crippen molar-refractivity contribution in [2.75, 3.05) is 12.4 Å². The van der Waals surface area contributed by atoms with Gasteiger partial charge in [-0.1, -0.05) is 0 Å². The van der Waals surface area contributed by atoms with Gasteiger partial charge in [0.2, 0.25) is 0 Å². The Hall–Kier alpha value is -2.67. The minimum Gasteiger partial charge on any atom is -0.497 e. The number of hydrogen-bond acceptors (Lipinski definition) is 5. The summed E-state index contributed by atoms with van der Waals surface area (Å²) < 4.78 is 6.89. The summed E-state index contributed by atoms with van der Waals surface area (Å²) >= 11 is 1.36. The van der Waals surface area contributed by atoms with E-state index >= 15 is 0 Å². The minimum absolute atomic E-state index is 0.280. The van der Waals surface area contributed by atoms with Gasteiger partial charge in [-0.25, -0.2) is 9.97 Å². The Morgan fingerprint density at radius 2 is 2.10 bits per heavy atom. The van der Waals surface area contributed by atoms with Gasteiger partial charge in [0, 0.05) is 23.5 Å². The molecule has 0 bridgehead atoms. The first-order valence-electron chi connectivity index (χ1n) is 6.15. The monoisotopic (exact) mass is 300 g/mol. The molecule has 1 aromatic carbocycles. The highest BCUT2D eigenvalue weighted by Gasteiger charge is 2.11. The standard InChI is InChI=1S/C14H12N4O2S/c1-20-11-4-2-10(3-5-11)18-8-12(16-9-18)13(19)17-14-15-6-7-21-14/h2-9H,1H3,(H,15,17,19). The quantitative estimate of drug-likeness (QED) is 0.804. The van der Waals surface area contributed by atoms with Crippen molar-refractivity contribution >= 4 is 22.4 Å². The molecule has 0 fully saturated rings. The third-order valence-corrected chi connectivity index (χ3v) is 3.53. The smallest absolute Gasteiger partial charge is 0.277 e. The van der Waals surface area contributed by atoms with E-state index in [2.05, 4.69) is 15.3 Å². The van der Waals surface area contributed by atoms with E-state index in [-0.39, 0.29) is 5.91 Å². The van der Waals surface area contributed by atoms with Gasteiger partial charge in [-0.2, -0.15) is 0 Å². The number of ether oxygens (including phenoxy) is 1. The van der Waals surface area contributed by atoms with E-state index in [0.717, 1.165) is 11.4 Å². The van der Waals surface area contributed by atoms with Crippen molar-refractivity contribution in [2.45, 2.75) is 0 Å². The molecule has 0 aliphatic carbocycles. The summed E-state index contributed by atoms with van der Waals surface area (Å²) in [7, 11) is 1.62. The number of carbonyl (C=O) groups excluding carboxylic acids is 1. The van der Waals surface area contributed by atoms with Crippen LogP contribution in [0.1, 0.15) is 10.5 Å². The number of thiazole rings is 1. The lowest BCUT2D eigenvalue weighted by atomic mass is 10.3. The Bertz CT molecular complexity index is 735. The number of nitrogens with zero attached hydrogens (tertiary/aromatic N) is 3. The van der Waals surface area contributed by atoms with Gasteiger partial charge in [0.05, 0.1) is 7.11 Å². The lowest BCUT2D eigenvalue weighted by molar-refractivity contribution is 0.102. The first kappa shape index (κ1) is 13.3. The van der Waals surface area contributed by atoms with Crippen LogP contribution < -0.4 is 10.1 Å². The maximum atomic E-state index is 12.0. The number of amides is 1. The molecule has 0 saturated heterocycles. The molecule has 1 amide bonds. The number of carbonyl (C=O) groups is 1. The van der Waals surface area contributed by atoms with Crippen LogP contribution in [0, 0.1) is 0 Å². The third-order valence-electron chi connectivity index (χ3n) is 2.84. The Balaban J connectivity index is 1.77. The summed E-state index contributed by atoms with van der Waals surface area (Å²) in [5, 5.41) is 5.05. The van der Waals surface area contributed by atoms with Crippen molar-refractivity contribution in [3.05, 3.63) is 54.1 Å². The maximum Gasteiger partial charge on any atom is 0.277 e. The van der Waals surface area contributed by atoms with Crippen LogP contribution in [0.25, 0.3) is 5.69 Å². The highest BCUT2D eigenvalue weighted by Crippen LogP contribution is 2.16. The maximum absolute atomic E-state index is 12.0. The minimum atomic E-state index is -0.280. The van der Waals surface area contributed by atoms with Crippen LogP contribution in [0.2, 0.25) is 0 Å². The van der Waals surface area contributed by atoms with Crippen molar-refractivity contribution in [1.82, 2.24) is 14.5 Å². The van der Waals surface area contributed by atoms with Crippen molar-refractivity contribution < 1.29 is 9.53 Å². The van der Waals surface area contributed by atoms with Gasteiger partial charge in [-0.05, 0) is 24.3 Å². The molecule has 2 aromatic heterocycles. The Kier molecular flexibility index (Phi) is 3.65. The van der Waals surface area contributed by atoms with Crippen LogP contribution in [-0.4, -0.2) is 27.6 Å². The molecule has 6 nitrogen and oxygen atoms in total. The molecule has 0 saturated carbocycles. The van der Waals surface area contributed by atoms with E-state index in [1.807, 2.05) is 24.3 Å². The number of hydrogen-bond donors (Lipinski definition) is 1. The fraction of sp³-hybridized carbons (Fsp3) is 0.0714. The molecule has 0 aliphatic heterocycles. The number of nitrogens with one attached hydrogen (secondary N) is 1. The number of anilines is 1. The molecular weight excluding hydrogens is 288 g/mol. The lowest BCUT2D eigenvalue weighted by Crippen LogP contribution is -2.11. The summed E-state index contributed by atoms with van der Waals surface area (Å²) in [5.41, 5.74) is 1.23. The van der Waals surface area contributed by atoms with E-state index in [1.165, 1.54) is 11.3 Å². The zero-order chi connectivity index (χ0) is 14.7. The molecule has 0 unspecified atom stereocenters. The topological polar surface area (TPSA) is 69.0 Å². The first-order valence-corrected chi connectivity index (χ1v) is 7.03. The highest BCUT2D eigenvalue weighted by molar-refractivity contribution is 7.13. The lowest BCUT2D eigenvalue weighted by Gasteiger charge is -2.03. The molecule has 2 heterocycles. The highest BCUT2D eigenvalue weighted by atomic mass is 32.1. The van der Waals surface area contributed by atoms with Crippen LogP contribution in [0.15, 0.2) is 48.4 Å². The average Bonchev–Trinajstić information content (AvgIpc) is 3.18. The molecule has 3 aromatic rings. The van der Waals surface area contributed by atoms with Gasteiger partial charge < -0.3 is 9.30 Å². The second kappa shape index (κ2) is 5.76. The van der Waals surface area contributed by atoms with Crippen LogP contribution in [-0.2, 0) is 0 Å². The summed E-state index contributed by atoms with van der Waals surface area (Å²) in [5.74, 6) is 0.498. The number of benzene rings is 1. The fourth-order valence-electron chi connectivity index (χ4n) is 1.78. The second-order valence-corrected chi connectivity index (χ2v) is 5.05. The van der Waals surface area contributed by atoms with E-state index in [1.54, 1.807) is 35.8 Å². The predicted octanol–water partition coefficient (Wildman–Crippen LogP) is 2.59. The molecule has 1 N–H and O–H groups in total. The molecule has 0 aliphatic rings. The van der Waals surface area contributed by atoms with E-state index in [4.69, 9.17) is 4.74 Å². The largest absolute Gasteiger partial charge is 0.497 e. The van der Waals surface area contributed by atoms with Crippen molar-refractivity contribution in [3.8, 4) is 11.4 Å². The van der Waals surface area contributed by atoms with E-state index in [0.29, 0.717) is 10.8 Å². The van der Waals surface area contributed by atoms with Gasteiger partial charge in [0.15, 0.2) is 5.13 Å². The molecule has 0 atom stereocenters. The van der Waals surface area contributed by atoms with Crippen LogP contribution in [0.5, 0.6) is 5.75 Å². The summed E-state index contributed by atoms with van der Waals surface area (Å²) in [4.78, 5) is 20.1. The van der Waals surface area contributed by atoms with Gasteiger partial charge in [-0.15, -0.1) is 11.3 Å². The van der Waals surface area contributed by atoms with Gasteiger partial charge in [-0.3, -0.25) is 10.1 Å². The van der Waals surface area contributed by atoms with Crippen molar-refractivity contribution in [3.63, 3.8) is 0 Å². The van der Waals surface area contributed by atoms with Gasteiger partial charge >= 0.3 is 0 Å². The van der Waals surface area contributed by atoms with E-state index in [9.17, 15) is 4.79 Å². The zero-order valence-electron chi connectivity index (χ0n) is 11.2. The molecule has 7 heteroatoms. The Labute approximate surface area is 125 Å². The first-order chi connectivity index (χ1) is 10.3. The SMILES string of the molecule is COc1ccc(-n2cnc(C(=O)Nc3nccs3)c2)cc1. The number of aromatic nitrogens is 3. The van der Waals surface area contributed by atoms with Crippen LogP contribution in [0.4, 0.5) is 5.13 Å². The number of methoxy groups -OCH3 is 1. The Morgan fingerprint density at radius 3 is 2.76 bits per heavy atom. The summed E-state index contributed by atoms with van der Waals surface area (Å²) in [6.07, 6.45) is 4.90. The van der Waals surface area contributed by atoms with Crippen molar-refractivity contribution in [1.29, 1.82) is 0 Å². The molecular formula is C14H12N4O2S. The Morgan fingerprint density at radius 1 is 1.29 bits per heavy atom. The van der Waals surface area contributed by atoms with Crippen LogP contribution in [0.3, 0.4) is 0 Å². The summed E-state index contributed by atoms with van der Waals surface area (Å²) in [6.45, 7) is 0. The van der Waals surface area contributed by atoms with Crippen LogP contribution >= 0.6 is 11.3 Å². The summed E-state index contributed by atoms with van der Waals surface area (Å²) in [6, 6.07) is 7.49. The molecule has 21 heavy (non-hydrogen) atoms.